The van der Waals surface area contributed by atoms with Crippen molar-refractivity contribution >= 4 is 17.4 Å². The molecule has 0 aliphatic heterocycles. The first-order chi connectivity index (χ1) is 12.6. The minimum atomic E-state index is -1.06. The number of benzene rings is 3. The molecule has 0 saturated carbocycles. The second kappa shape index (κ2) is 7.66. The van der Waals surface area contributed by atoms with Crippen LogP contribution in [0.3, 0.4) is 0 Å². The highest BCUT2D eigenvalue weighted by Crippen LogP contribution is 2.25. The minimum absolute atomic E-state index is 0.0928. The molecule has 26 heavy (non-hydrogen) atoms. The molecular formula is C22H19NO3. The van der Waals surface area contributed by atoms with Gasteiger partial charge < -0.3 is 10.8 Å². The van der Waals surface area contributed by atoms with E-state index in [0.717, 1.165) is 5.56 Å². The van der Waals surface area contributed by atoms with Gasteiger partial charge in [0.05, 0.1) is 5.56 Å². The number of aromatic carboxylic acids is 1. The quantitative estimate of drug-likeness (QED) is 0.523. The van der Waals surface area contributed by atoms with Gasteiger partial charge in [0.25, 0.3) is 0 Å². The number of carbonyl (C=O) groups is 2. The second-order valence-corrected chi connectivity index (χ2v) is 6.09. The summed E-state index contributed by atoms with van der Waals surface area (Å²) in [6, 6.07) is 21.6. The first-order valence-electron chi connectivity index (χ1n) is 8.35. The molecule has 130 valence electrons. The molecule has 0 fully saturated rings. The molecule has 0 spiro atoms. The number of carbonyl (C=O) groups excluding carboxylic acids is 1. The minimum Gasteiger partial charge on any atom is -0.478 e. The van der Waals surface area contributed by atoms with E-state index < -0.39 is 5.97 Å². The third-order valence-corrected chi connectivity index (χ3v) is 4.29. The Balaban J connectivity index is 2.01. The predicted octanol–water partition coefficient (Wildman–Crippen LogP) is 3.98. The number of carboxylic acids is 1. The molecule has 0 aromatic heterocycles. The van der Waals surface area contributed by atoms with Gasteiger partial charge in [-0.05, 0) is 36.1 Å². The Bertz CT molecular complexity index is 934. The highest BCUT2D eigenvalue weighted by molar-refractivity contribution is 6.13. The molecule has 4 nitrogen and oxygen atoms in total. The van der Waals surface area contributed by atoms with Crippen molar-refractivity contribution in [3.63, 3.8) is 0 Å². The summed E-state index contributed by atoms with van der Waals surface area (Å²) in [6.07, 6.45) is 1.22. The molecule has 0 heterocycles. The highest BCUT2D eigenvalue weighted by atomic mass is 16.4. The van der Waals surface area contributed by atoms with E-state index in [1.807, 2.05) is 36.4 Å². The van der Waals surface area contributed by atoms with E-state index in [0.29, 0.717) is 29.5 Å². The Morgan fingerprint density at radius 3 is 2.04 bits per heavy atom. The van der Waals surface area contributed by atoms with Gasteiger partial charge in [-0.1, -0.05) is 60.7 Å². The van der Waals surface area contributed by atoms with Crippen molar-refractivity contribution in [1.29, 1.82) is 0 Å². The van der Waals surface area contributed by atoms with Gasteiger partial charge in [-0.25, -0.2) is 4.79 Å². The van der Waals surface area contributed by atoms with Crippen LogP contribution in [0.1, 0.15) is 37.4 Å². The molecule has 3 rings (SSSR count). The van der Waals surface area contributed by atoms with Crippen LogP contribution in [0.4, 0.5) is 5.69 Å². The number of nitrogen functional groups attached to an aromatic ring is 1. The van der Waals surface area contributed by atoms with Crippen LogP contribution in [0.5, 0.6) is 0 Å². The van der Waals surface area contributed by atoms with E-state index in [9.17, 15) is 14.7 Å². The Morgan fingerprint density at radius 2 is 1.42 bits per heavy atom. The maximum absolute atomic E-state index is 13.0. The van der Waals surface area contributed by atoms with Crippen LogP contribution < -0.4 is 5.73 Å². The van der Waals surface area contributed by atoms with Crippen LogP contribution in [0.15, 0.2) is 72.8 Å². The zero-order valence-electron chi connectivity index (χ0n) is 14.2. The molecule has 3 aromatic carbocycles. The molecule has 0 unspecified atom stereocenters. The van der Waals surface area contributed by atoms with Crippen molar-refractivity contribution in [1.82, 2.24) is 0 Å². The lowest BCUT2D eigenvalue weighted by Gasteiger charge is -2.13. The summed E-state index contributed by atoms with van der Waals surface area (Å²) in [7, 11) is 0. The number of hydrogen-bond donors (Lipinski definition) is 2. The fourth-order valence-electron chi connectivity index (χ4n) is 2.98. The third kappa shape index (κ3) is 3.81. The van der Waals surface area contributed by atoms with Crippen molar-refractivity contribution in [2.45, 2.75) is 12.8 Å². The van der Waals surface area contributed by atoms with Crippen LogP contribution in [-0.2, 0) is 12.8 Å². The van der Waals surface area contributed by atoms with Gasteiger partial charge in [-0.3, -0.25) is 4.79 Å². The number of hydrogen-bond acceptors (Lipinski definition) is 3. The van der Waals surface area contributed by atoms with Gasteiger partial charge in [0.15, 0.2) is 5.78 Å². The number of ketones is 1. The Kier molecular flexibility index (Phi) is 5.13. The largest absolute Gasteiger partial charge is 0.478 e. The van der Waals surface area contributed by atoms with Crippen molar-refractivity contribution < 1.29 is 14.7 Å². The Hall–Kier alpha value is -3.40. The van der Waals surface area contributed by atoms with E-state index in [1.54, 1.807) is 30.3 Å². The smallest absolute Gasteiger partial charge is 0.335 e. The molecule has 4 heteroatoms. The van der Waals surface area contributed by atoms with Gasteiger partial charge in [0.1, 0.15) is 0 Å². The van der Waals surface area contributed by atoms with Gasteiger partial charge in [-0.2, -0.15) is 0 Å². The average molecular weight is 345 g/mol. The summed E-state index contributed by atoms with van der Waals surface area (Å²) in [5, 5.41) is 9.33. The summed E-state index contributed by atoms with van der Waals surface area (Å²) in [6.45, 7) is 0. The average Bonchev–Trinajstić information content (AvgIpc) is 2.67. The van der Waals surface area contributed by atoms with Gasteiger partial charge >= 0.3 is 5.97 Å². The highest BCUT2D eigenvalue weighted by Gasteiger charge is 2.19. The monoisotopic (exact) mass is 345 g/mol. The second-order valence-electron chi connectivity index (χ2n) is 6.09. The molecule has 0 atom stereocenters. The molecule has 0 aliphatic rings. The SMILES string of the molecule is Nc1cc(C(=O)O)cc(CCc2ccccc2)c1C(=O)c1ccccc1. The predicted molar refractivity (Wildman–Crippen MR) is 102 cm³/mol. The first-order valence-corrected chi connectivity index (χ1v) is 8.35. The number of rotatable bonds is 6. The topological polar surface area (TPSA) is 80.4 Å². The van der Waals surface area contributed by atoms with Gasteiger partial charge in [0, 0.05) is 16.8 Å². The summed E-state index contributed by atoms with van der Waals surface area (Å²) in [5.74, 6) is -1.25. The summed E-state index contributed by atoms with van der Waals surface area (Å²) < 4.78 is 0. The lowest BCUT2D eigenvalue weighted by molar-refractivity contribution is 0.0696. The number of carboxylic acid groups (broad SMARTS) is 1. The van der Waals surface area contributed by atoms with E-state index in [2.05, 4.69) is 0 Å². The molecule has 0 radical (unpaired) electrons. The maximum atomic E-state index is 13.0. The fourth-order valence-corrected chi connectivity index (χ4v) is 2.98. The summed E-state index contributed by atoms with van der Waals surface area (Å²) in [5.41, 5.74) is 9.06. The Labute approximate surface area is 151 Å². The number of aryl methyl sites for hydroxylation is 2. The number of nitrogens with two attached hydrogens (primary N) is 1. The van der Waals surface area contributed by atoms with Crippen molar-refractivity contribution in [2.75, 3.05) is 5.73 Å². The lowest BCUT2D eigenvalue weighted by Crippen LogP contribution is -2.12. The third-order valence-electron chi connectivity index (χ3n) is 4.29. The van der Waals surface area contributed by atoms with Crippen LogP contribution in [0.25, 0.3) is 0 Å². The molecule has 0 aliphatic carbocycles. The van der Waals surface area contributed by atoms with Crippen LogP contribution in [0.2, 0.25) is 0 Å². The molecule has 3 aromatic rings. The van der Waals surface area contributed by atoms with Gasteiger partial charge in [0.2, 0.25) is 0 Å². The molecule has 0 saturated heterocycles. The lowest BCUT2D eigenvalue weighted by atomic mass is 9.91. The van der Waals surface area contributed by atoms with E-state index in [4.69, 9.17) is 5.73 Å². The van der Waals surface area contributed by atoms with E-state index in [1.165, 1.54) is 6.07 Å². The van der Waals surface area contributed by atoms with Crippen LogP contribution in [-0.4, -0.2) is 16.9 Å². The van der Waals surface area contributed by atoms with Crippen LogP contribution >= 0.6 is 0 Å². The van der Waals surface area contributed by atoms with Crippen molar-refractivity contribution in [3.05, 3.63) is 101 Å². The number of anilines is 1. The summed E-state index contributed by atoms with van der Waals surface area (Å²) >= 11 is 0. The molecule has 3 N–H and O–H groups in total. The molecule has 0 amide bonds. The zero-order chi connectivity index (χ0) is 18.5. The molecular weight excluding hydrogens is 326 g/mol. The van der Waals surface area contributed by atoms with Crippen LogP contribution in [0, 0.1) is 0 Å². The standard InChI is InChI=1S/C22H19NO3/c23-19-14-18(22(25)26)13-17(12-11-15-7-3-1-4-8-15)20(19)21(24)16-9-5-2-6-10-16/h1-10,13-14H,11-12,23H2,(H,25,26). The zero-order valence-corrected chi connectivity index (χ0v) is 14.2. The fraction of sp³-hybridized carbons (Fsp3) is 0.0909. The normalized spacial score (nSPS) is 10.5. The summed E-state index contributed by atoms with van der Waals surface area (Å²) in [4.78, 5) is 24.3. The molecule has 0 bridgehead atoms. The maximum Gasteiger partial charge on any atom is 0.335 e. The first kappa shape index (κ1) is 17.4. The van der Waals surface area contributed by atoms with E-state index in [-0.39, 0.29) is 17.0 Å². The Morgan fingerprint density at radius 1 is 0.808 bits per heavy atom. The van der Waals surface area contributed by atoms with Gasteiger partial charge in [-0.15, -0.1) is 0 Å². The van der Waals surface area contributed by atoms with Crippen molar-refractivity contribution in [3.8, 4) is 0 Å². The van der Waals surface area contributed by atoms with Crippen molar-refractivity contribution in [2.24, 2.45) is 0 Å². The van der Waals surface area contributed by atoms with E-state index >= 15 is 0 Å².